The standard InChI is InChI=1S/C13H28N2/c1-10(13(2,3)4)14-9-12(15(5)6)11-7-8-11/h10-12,14H,7-9H2,1-6H3/t10-,12+/m1/s1. The van der Waals surface area contributed by atoms with Crippen LogP contribution in [0.4, 0.5) is 0 Å². The highest BCUT2D eigenvalue weighted by atomic mass is 15.1. The molecule has 1 aliphatic rings. The summed E-state index contributed by atoms with van der Waals surface area (Å²) >= 11 is 0. The van der Waals surface area contributed by atoms with Crippen LogP contribution >= 0.6 is 0 Å². The summed E-state index contributed by atoms with van der Waals surface area (Å²) in [5.74, 6) is 0.944. The van der Waals surface area contributed by atoms with Crippen LogP contribution in [0.2, 0.25) is 0 Å². The average molecular weight is 212 g/mol. The molecule has 90 valence electrons. The maximum atomic E-state index is 3.68. The maximum absolute atomic E-state index is 3.68. The van der Waals surface area contributed by atoms with E-state index in [0.29, 0.717) is 11.5 Å². The number of hydrogen-bond donors (Lipinski definition) is 1. The van der Waals surface area contributed by atoms with Gasteiger partial charge < -0.3 is 10.2 Å². The Hall–Kier alpha value is -0.0800. The van der Waals surface area contributed by atoms with Gasteiger partial charge in [-0.15, -0.1) is 0 Å². The molecular formula is C13H28N2. The molecule has 0 saturated heterocycles. The van der Waals surface area contributed by atoms with Gasteiger partial charge in [-0.3, -0.25) is 0 Å². The monoisotopic (exact) mass is 212 g/mol. The third kappa shape index (κ3) is 4.12. The molecule has 1 saturated carbocycles. The molecule has 0 aromatic heterocycles. The van der Waals surface area contributed by atoms with E-state index in [1.54, 1.807) is 0 Å². The van der Waals surface area contributed by atoms with Crippen molar-refractivity contribution in [2.75, 3.05) is 20.6 Å². The Labute approximate surface area is 95.4 Å². The van der Waals surface area contributed by atoms with Crippen LogP contribution in [-0.4, -0.2) is 37.6 Å². The van der Waals surface area contributed by atoms with Gasteiger partial charge in [-0.25, -0.2) is 0 Å². The Kier molecular flexibility index (Phi) is 4.19. The first kappa shape index (κ1) is 13.0. The molecule has 0 heterocycles. The van der Waals surface area contributed by atoms with Gasteiger partial charge >= 0.3 is 0 Å². The Morgan fingerprint density at radius 3 is 2.13 bits per heavy atom. The molecule has 0 aliphatic heterocycles. The molecule has 2 nitrogen and oxygen atoms in total. The average Bonchev–Trinajstić information content (AvgIpc) is 2.85. The van der Waals surface area contributed by atoms with E-state index in [1.165, 1.54) is 12.8 Å². The van der Waals surface area contributed by atoms with Crippen molar-refractivity contribution in [1.82, 2.24) is 10.2 Å². The molecule has 0 aromatic rings. The summed E-state index contributed by atoms with van der Waals surface area (Å²) in [5.41, 5.74) is 0.362. The van der Waals surface area contributed by atoms with Crippen molar-refractivity contribution in [3.63, 3.8) is 0 Å². The molecule has 0 radical (unpaired) electrons. The van der Waals surface area contributed by atoms with E-state index in [0.717, 1.165) is 18.5 Å². The van der Waals surface area contributed by atoms with Gasteiger partial charge in [0.2, 0.25) is 0 Å². The zero-order chi connectivity index (χ0) is 11.6. The lowest BCUT2D eigenvalue weighted by molar-refractivity contribution is 0.219. The van der Waals surface area contributed by atoms with Crippen LogP contribution in [0.25, 0.3) is 0 Å². The minimum atomic E-state index is 0.362. The lowest BCUT2D eigenvalue weighted by atomic mass is 9.88. The smallest absolute Gasteiger partial charge is 0.0242 e. The van der Waals surface area contributed by atoms with Crippen LogP contribution in [0.3, 0.4) is 0 Å². The Balaban J connectivity index is 2.33. The molecule has 0 aromatic carbocycles. The van der Waals surface area contributed by atoms with Crippen molar-refractivity contribution in [2.24, 2.45) is 11.3 Å². The molecule has 0 unspecified atom stereocenters. The Bertz CT molecular complexity index is 187. The summed E-state index contributed by atoms with van der Waals surface area (Å²) in [6.45, 7) is 10.3. The first-order valence-electron chi connectivity index (χ1n) is 6.22. The zero-order valence-electron chi connectivity index (χ0n) is 11.3. The summed E-state index contributed by atoms with van der Waals surface area (Å²) in [5, 5.41) is 3.68. The molecule has 0 bridgehead atoms. The summed E-state index contributed by atoms with van der Waals surface area (Å²) in [6, 6.07) is 1.31. The third-order valence-corrected chi connectivity index (χ3v) is 3.76. The topological polar surface area (TPSA) is 15.3 Å². The lowest BCUT2D eigenvalue weighted by Gasteiger charge is -2.32. The van der Waals surface area contributed by atoms with E-state index < -0.39 is 0 Å². The van der Waals surface area contributed by atoms with Crippen molar-refractivity contribution in [3.05, 3.63) is 0 Å². The lowest BCUT2D eigenvalue weighted by Crippen LogP contribution is -2.46. The highest BCUT2D eigenvalue weighted by molar-refractivity contribution is 4.89. The minimum absolute atomic E-state index is 0.362. The Morgan fingerprint density at radius 1 is 1.27 bits per heavy atom. The van der Waals surface area contributed by atoms with Gasteiger partial charge in [0.15, 0.2) is 0 Å². The molecule has 2 heteroatoms. The highest BCUT2D eigenvalue weighted by Gasteiger charge is 2.33. The van der Waals surface area contributed by atoms with Gasteiger partial charge in [-0.05, 0) is 45.2 Å². The molecule has 1 rings (SSSR count). The van der Waals surface area contributed by atoms with Crippen LogP contribution in [-0.2, 0) is 0 Å². The summed E-state index contributed by atoms with van der Waals surface area (Å²) in [6.07, 6.45) is 2.85. The fraction of sp³-hybridized carbons (Fsp3) is 1.00. The first-order chi connectivity index (χ1) is 6.82. The number of nitrogens with one attached hydrogen (secondary N) is 1. The number of nitrogens with zero attached hydrogens (tertiary/aromatic N) is 1. The fourth-order valence-electron chi connectivity index (χ4n) is 1.86. The van der Waals surface area contributed by atoms with Gasteiger partial charge in [-0.1, -0.05) is 20.8 Å². The maximum Gasteiger partial charge on any atom is 0.0242 e. The molecule has 1 N–H and O–H groups in total. The predicted molar refractivity (Wildman–Crippen MR) is 67.1 cm³/mol. The van der Waals surface area contributed by atoms with E-state index in [4.69, 9.17) is 0 Å². The second kappa shape index (κ2) is 4.84. The molecule has 0 amide bonds. The highest BCUT2D eigenvalue weighted by Crippen LogP contribution is 2.34. The molecule has 15 heavy (non-hydrogen) atoms. The van der Waals surface area contributed by atoms with Crippen molar-refractivity contribution in [3.8, 4) is 0 Å². The van der Waals surface area contributed by atoms with E-state index >= 15 is 0 Å². The summed E-state index contributed by atoms with van der Waals surface area (Å²) < 4.78 is 0. The number of likely N-dealkylation sites (N-methyl/N-ethyl adjacent to an activating group) is 1. The normalized spacial score (nSPS) is 21.8. The van der Waals surface area contributed by atoms with Crippen molar-refractivity contribution >= 4 is 0 Å². The van der Waals surface area contributed by atoms with E-state index in [1.807, 2.05) is 0 Å². The SMILES string of the molecule is C[C@@H](NC[C@@H](C1CC1)N(C)C)C(C)(C)C. The Morgan fingerprint density at radius 2 is 1.80 bits per heavy atom. The second-order valence-electron chi connectivity index (χ2n) is 6.36. The van der Waals surface area contributed by atoms with Crippen molar-refractivity contribution < 1.29 is 0 Å². The van der Waals surface area contributed by atoms with Gasteiger partial charge in [-0.2, -0.15) is 0 Å². The quantitative estimate of drug-likeness (QED) is 0.752. The van der Waals surface area contributed by atoms with Crippen LogP contribution in [0.1, 0.15) is 40.5 Å². The van der Waals surface area contributed by atoms with Gasteiger partial charge in [0.25, 0.3) is 0 Å². The zero-order valence-corrected chi connectivity index (χ0v) is 11.3. The number of rotatable bonds is 5. The van der Waals surface area contributed by atoms with E-state index in [9.17, 15) is 0 Å². The van der Waals surface area contributed by atoms with Gasteiger partial charge in [0.1, 0.15) is 0 Å². The molecule has 1 aliphatic carbocycles. The van der Waals surface area contributed by atoms with Gasteiger partial charge in [0, 0.05) is 18.6 Å². The van der Waals surface area contributed by atoms with E-state index in [-0.39, 0.29) is 0 Å². The first-order valence-corrected chi connectivity index (χ1v) is 6.22. The van der Waals surface area contributed by atoms with Crippen molar-refractivity contribution in [1.29, 1.82) is 0 Å². The second-order valence-corrected chi connectivity index (χ2v) is 6.36. The predicted octanol–water partition coefficient (Wildman–Crippen LogP) is 2.35. The van der Waals surface area contributed by atoms with Crippen molar-refractivity contribution in [2.45, 2.75) is 52.6 Å². The summed E-state index contributed by atoms with van der Waals surface area (Å²) in [4.78, 5) is 2.38. The molecule has 2 atom stereocenters. The van der Waals surface area contributed by atoms with Gasteiger partial charge in [0.05, 0.1) is 0 Å². The minimum Gasteiger partial charge on any atom is -0.312 e. The third-order valence-electron chi connectivity index (χ3n) is 3.76. The fourth-order valence-corrected chi connectivity index (χ4v) is 1.86. The van der Waals surface area contributed by atoms with E-state index in [2.05, 4.69) is 52.0 Å². The summed E-state index contributed by atoms with van der Waals surface area (Å²) in [7, 11) is 4.40. The number of hydrogen-bond acceptors (Lipinski definition) is 2. The van der Waals surface area contributed by atoms with Crippen LogP contribution < -0.4 is 5.32 Å². The van der Waals surface area contributed by atoms with Crippen LogP contribution in [0.5, 0.6) is 0 Å². The molecule has 0 spiro atoms. The van der Waals surface area contributed by atoms with Crippen LogP contribution in [0.15, 0.2) is 0 Å². The largest absolute Gasteiger partial charge is 0.312 e. The van der Waals surface area contributed by atoms with Crippen LogP contribution in [0, 0.1) is 11.3 Å². The molecule has 1 fully saturated rings. The molecular weight excluding hydrogens is 184 g/mol.